The number of fused-ring (bicyclic) bond motifs is 2. The number of rotatable bonds is 6. The average Bonchev–Trinajstić information content (AvgIpc) is 3.19. The van der Waals surface area contributed by atoms with E-state index in [1.165, 1.54) is 6.26 Å². The number of benzene rings is 2. The number of amides is 1. The van der Waals surface area contributed by atoms with Crippen LogP contribution in [-0.2, 0) is 20.0 Å². The van der Waals surface area contributed by atoms with Gasteiger partial charge in [-0.15, -0.1) is 0 Å². The molecule has 1 unspecified atom stereocenters. The van der Waals surface area contributed by atoms with E-state index in [0.717, 1.165) is 54.0 Å². The number of carbonyl (C=O) groups excluding carboxylic acids is 1. The quantitative estimate of drug-likeness (QED) is 0.667. The van der Waals surface area contributed by atoms with Crippen LogP contribution in [0.3, 0.4) is 0 Å². The Morgan fingerprint density at radius 3 is 2.27 bits per heavy atom. The summed E-state index contributed by atoms with van der Waals surface area (Å²) in [6.45, 7) is 6.88. The highest BCUT2D eigenvalue weighted by Crippen LogP contribution is 2.48. The second-order valence-corrected chi connectivity index (χ2v) is 10.8. The summed E-state index contributed by atoms with van der Waals surface area (Å²) >= 11 is 0. The highest BCUT2D eigenvalue weighted by Gasteiger charge is 2.44. The van der Waals surface area contributed by atoms with Crippen LogP contribution >= 0.6 is 0 Å². The third kappa shape index (κ3) is 3.45. The first-order valence-electron chi connectivity index (χ1n) is 10.5. The van der Waals surface area contributed by atoms with Crippen molar-refractivity contribution in [1.82, 2.24) is 0 Å². The van der Waals surface area contributed by atoms with Gasteiger partial charge >= 0.3 is 0 Å². The Labute approximate surface area is 178 Å². The summed E-state index contributed by atoms with van der Waals surface area (Å²) in [5, 5.41) is 6.94. The monoisotopic (exact) mass is 427 g/mol. The second kappa shape index (κ2) is 7.30. The van der Waals surface area contributed by atoms with E-state index < -0.39 is 15.3 Å². The Balaban J connectivity index is 1.62. The number of unbranched alkanes of at least 4 members (excludes halogenated alkanes) is 2. The molecule has 2 N–H and O–H groups in total. The number of sulfone groups is 1. The van der Waals surface area contributed by atoms with Crippen LogP contribution in [0, 0.1) is 0 Å². The number of hydrogen-bond acceptors (Lipinski definition) is 5. The summed E-state index contributed by atoms with van der Waals surface area (Å²) in [5.41, 5.74) is 4.36. The van der Waals surface area contributed by atoms with Gasteiger partial charge in [-0.2, -0.15) is 0 Å². The lowest BCUT2D eigenvalue weighted by Crippen LogP contribution is -2.36. The Bertz CT molecular complexity index is 1090. The molecule has 2 heterocycles. The fourth-order valence-corrected chi connectivity index (χ4v) is 4.91. The minimum absolute atomic E-state index is 0.150. The van der Waals surface area contributed by atoms with Crippen LogP contribution in [0.5, 0.6) is 0 Å². The van der Waals surface area contributed by atoms with Crippen molar-refractivity contribution in [2.45, 2.75) is 56.5 Å². The molecule has 2 aromatic rings. The topological polar surface area (TPSA) is 78.5 Å². The van der Waals surface area contributed by atoms with Gasteiger partial charge in [0.05, 0.1) is 27.4 Å². The van der Waals surface area contributed by atoms with Gasteiger partial charge in [0.1, 0.15) is 6.17 Å². The van der Waals surface area contributed by atoms with Gasteiger partial charge in [-0.25, -0.2) is 8.42 Å². The van der Waals surface area contributed by atoms with Crippen molar-refractivity contribution in [1.29, 1.82) is 0 Å². The van der Waals surface area contributed by atoms with Gasteiger partial charge in [-0.3, -0.25) is 4.79 Å². The second-order valence-electron chi connectivity index (χ2n) is 8.77. The largest absolute Gasteiger partial charge is 0.360 e. The van der Waals surface area contributed by atoms with Crippen molar-refractivity contribution < 1.29 is 13.2 Å². The highest BCUT2D eigenvalue weighted by atomic mass is 32.2. The van der Waals surface area contributed by atoms with Gasteiger partial charge in [-0.1, -0.05) is 31.9 Å². The van der Waals surface area contributed by atoms with Crippen molar-refractivity contribution in [3.63, 3.8) is 0 Å². The molecule has 0 saturated heterocycles. The lowest BCUT2D eigenvalue weighted by molar-refractivity contribution is -0.122. The smallest absolute Gasteiger partial charge is 0.237 e. The van der Waals surface area contributed by atoms with E-state index in [-0.39, 0.29) is 12.1 Å². The van der Waals surface area contributed by atoms with Gasteiger partial charge in [0.25, 0.3) is 0 Å². The van der Waals surface area contributed by atoms with Crippen molar-refractivity contribution in [2.24, 2.45) is 0 Å². The Kier molecular flexibility index (Phi) is 5.04. The molecule has 2 aliphatic heterocycles. The van der Waals surface area contributed by atoms with Crippen molar-refractivity contribution in [3.05, 3.63) is 47.5 Å². The molecule has 0 aromatic heterocycles. The summed E-state index contributed by atoms with van der Waals surface area (Å²) in [5.74, 6) is 0.158. The minimum atomic E-state index is -3.22. The summed E-state index contributed by atoms with van der Waals surface area (Å²) in [7, 11) is -3.22. The third-order valence-corrected chi connectivity index (χ3v) is 7.23. The average molecular weight is 428 g/mol. The summed E-state index contributed by atoms with van der Waals surface area (Å²) in [4.78, 5) is 15.3. The van der Waals surface area contributed by atoms with Crippen LogP contribution in [0.1, 0.15) is 57.3 Å². The first-order chi connectivity index (χ1) is 14.1. The molecule has 0 fully saturated rings. The van der Waals surface area contributed by atoms with Crippen molar-refractivity contribution in [2.75, 3.05) is 28.3 Å². The fraction of sp³-hybridized carbons (Fsp3) is 0.435. The molecule has 4 rings (SSSR count). The molecular weight excluding hydrogens is 398 g/mol. The molecule has 1 atom stereocenters. The standard InChI is InChI=1S/C23H29N3O3S/c1-5-6-7-12-26-20-14-19-18(13-17(20)23(2,3)22(26)27)24-21(25-19)15-8-10-16(11-9-15)30(4,28)29/h8-11,13-14,21,24-25H,5-7,12H2,1-4H3. The molecule has 30 heavy (non-hydrogen) atoms. The van der Waals surface area contributed by atoms with E-state index in [2.05, 4.69) is 29.7 Å². The lowest BCUT2D eigenvalue weighted by atomic mass is 9.86. The normalized spacial score (nSPS) is 19.3. The molecule has 0 aliphatic carbocycles. The minimum Gasteiger partial charge on any atom is -0.360 e. The maximum Gasteiger partial charge on any atom is 0.237 e. The maximum absolute atomic E-state index is 13.0. The van der Waals surface area contributed by atoms with Gasteiger partial charge < -0.3 is 15.5 Å². The third-order valence-electron chi connectivity index (χ3n) is 6.11. The summed E-state index contributed by atoms with van der Waals surface area (Å²) in [6, 6.07) is 11.1. The van der Waals surface area contributed by atoms with Crippen molar-refractivity contribution in [3.8, 4) is 0 Å². The SMILES string of the molecule is CCCCCN1C(=O)C(C)(C)c2cc3c(cc21)NC(c1ccc(S(C)(=O)=O)cc1)N3. The number of hydrogen-bond donors (Lipinski definition) is 2. The van der Waals surface area contributed by atoms with Crippen LogP contribution in [0.15, 0.2) is 41.3 Å². The fourth-order valence-electron chi connectivity index (χ4n) is 4.28. The van der Waals surface area contributed by atoms with E-state index in [9.17, 15) is 13.2 Å². The molecule has 7 heteroatoms. The van der Waals surface area contributed by atoms with Gasteiger partial charge in [-0.05, 0) is 55.7 Å². The van der Waals surface area contributed by atoms with E-state index in [1.54, 1.807) is 12.1 Å². The molecule has 2 aromatic carbocycles. The van der Waals surface area contributed by atoms with Gasteiger partial charge in [0.15, 0.2) is 9.84 Å². The van der Waals surface area contributed by atoms with Gasteiger partial charge in [0.2, 0.25) is 5.91 Å². The number of nitrogens with one attached hydrogen (secondary N) is 2. The molecule has 0 spiro atoms. The molecule has 0 bridgehead atoms. The van der Waals surface area contributed by atoms with E-state index in [0.29, 0.717) is 4.90 Å². The molecular formula is C23H29N3O3S. The van der Waals surface area contributed by atoms with Gasteiger partial charge in [0, 0.05) is 12.8 Å². The summed E-state index contributed by atoms with van der Waals surface area (Å²) < 4.78 is 23.4. The number of nitrogens with zero attached hydrogens (tertiary/aromatic N) is 1. The van der Waals surface area contributed by atoms with Crippen LogP contribution in [0.4, 0.5) is 17.1 Å². The lowest BCUT2D eigenvalue weighted by Gasteiger charge is -2.20. The number of carbonyl (C=O) groups is 1. The Morgan fingerprint density at radius 2 is 1.67 bits per heavy atom. The first-order valence-corrected chi connectivity index (χ1v) is 12.4. The van der Waals surface area contributed by atoms with E-state index >= 15 is 0 Å². The number of anilines is 3. The van der Waals surface area contributed by atoms with Crippen LogP contribution in [-0.4, -0.2) is 27.1 Å². The van der Waals surface area contributed by atoms with E-state index in [4.69, 9.17) is 0 Å². The Hall–Kier alpha value is -2.54. The first kappa shape index (κ1) is 20.7. The Morgan fingerprint density at radius 1 is 1.03 bits per heavy atom. The van der Waals surface area contributed by atoms with Crippen LogP contribution in [0.2, 0.25) is 0 Å². The molecule has 1 amide bonds. The highest BCUT2D eigenvalue weighted by molar-refractivity contribution is 7.90. The van der Waals surface area contributed by atoms with Crippen molar-refractivity contribution >= 4 is 32.8 Å². The van der Waals surface area contributed by atoms with E-state index in [1.807, 2.05) is 30.9 Å². The van der Waals surface area contributed by atoms with Crippen LogP contribution < -0.4 is 15.5 Å². The molecule has 6 nitrogen and oxygen atoms in total. The molecule has 0 radical (unpaired) electrons. The summed E-state index contributed by atoms with van der Waals surface area (Å²) in [6.07, 6.45) is 4.28. The predicted molar refractivity (Wildman–Crippen MR) is 121 cm³/mol. The van der Waals surface area contributed by atoms with Crippen LogP contribution in [0.25, 0.3) is 0 Å². The zero-order valence-electron chi connectivity index (χ0n) is 18.0. The molecule has 2 aliphatic rings. The zero-order chi connectivity index (χ0) is 21.7. The predicted octanol–water partition coefficient (Wildman–Crippen LogP) is 4.44. The zero-order valence-corrected chi connectivity index (χ0v) is 18.8. The maximum atomic E-state index is 13.0. The molecule has 0 saturated carbocycles. The molecule has 160 valence electrons.